The molecule has 1 atom stereocenters. The highest BCUT2D eigenvalue weighted by molar-refractivity contribution is 5.25. The summed E-state index contributed by atoms with van der Waals surface area (Å²) in [5, 5.41) is 9.86. The molecule has 0 aromatic heterocycles. The molecule has 120 valence electrons. The SMILES string of the molecule is CC(C)Cc1cccc(C(O)COCC(F)(F)C(F)F)c1. The Balaban J connectivity index is 2.54. The second kappa shape index (κ2) is 7.75. The third kappa shape index (κ3) is 6.01. The van der Waals surface area contributed by atoms with E-state index in [4.69, 9.17) is 0 Å². The van der Waals surface area contributed by atoms with Crippen molar-refractivity contribution in [3.8, 4) is 0 Å². The molecule has 0 bridgehead atoms. The van der Waals surface area contributed by atoms with Crippen molar-refractivity contribution in [2.75, 3.05) is 13.2 Å². The van der Waals surface area contributed by atoms with Gasteiger partial charge in [-0.15, -0.1) is 0 Å². The zero-order chi connectivity index (χ0) is 16.0. The smallest absolute Gasteiger partial charge is 0.330 e. The van der Waals surface area contributed by atoms with Gasteiger partial charge in [-0.05, 0) is 23.5 Å². The molecular weight excluding hydrogens is 288 g/mol. The van der Waals surface area contributed by atoms with Gasteiger partial charge >= 0.3 is 12.3 Å². The van der Waals surface area contributed by atoms with Gasteiger partial charge in [-0.3, -0.25) is 0 Å². The summed E-state index contributed by atoms with van der Waals surface area (Å²) in [6.07, 6.45) is -4.07. The zero-order valence-corrected chi connectivity index (χ0v) is 12.0. The summed E-state index contributed by atoms with van der Waals surface area (Å²) in [6, 6.07) is 7.06. The number of alkyl halides is 4. The van der Waals surface area contributed by atoms with Crippen LogP contribution >= 0.6 is 0 Å². The lowest BCUT2D eigenvalue weighted by molar-refractivity contribution is -0.170. The second-order valence-electron chi connectivity index (χ2n) is 5.44. The minimum atomic E-state index is -4.20. The molecule has 0 aliphatic rings. The first-order valence-electron chi connectivity index (χ1n) is 6.73. The largest absolute Gasteiger partial charge is 0.386 e. The number of hydrogen-bond donors (Lipinski definition) is 1. The van der Waals surface area contributed by atoms with E-state index in [-0.39, 0.29) is 0 Å². The van der Waals surface area contributed by atoms with Gasteiger partial charge in [0.1, 0.15) is 12.7 Å². The minimum absolute atomic E-state index is 0.443. The van der Waals surface area contributed by atoms with Crippen LogP contribution in [0.3, 0.4) is 0 Å². The van der Waals surface area contributed by atoms with Crippen LogP contribution in [0.4, 0.5) is 17.6 Å². The molecular formula is C15H20F4O2. The fourth-order valence-corrected chi connectivity index (χ4v) is 1.86. The summed E-state index contributed by atoms with van der Waals surface area (Å²) in [4.78, 5) is 0. The molecule has 0 radical (unpaired) electrons. The average Bonchev–Trinajstić information content (AvgIpc) is 2.37. The van der Waals surface area contributed by atoms with Crippen molar-refractivity contribution in [3.63, 3.8) is 0 Å². The van der Waals surface area contributed by atoms with Gasteiger partial charge in [0, 0.05) is 0 Å². The van der Waals surface area contributed by atoms with Crippen LogP contribution in [0.15, 0.2) is 24.3 Å². The lowest BCUT2D eigenvalue weighted by Crippen LogP contribution is -2.33. The number of ether oxygens (including phenoxy) is 1. The topological polar surface area (TPSA) is 29.5 Å². The Labute approximate surface area is 121 Å². The molecule has 1 rings (SSSR count). The highest BCUT2D eigenvalue weighted by Crippen LogP contribution is 2.24. The summed E-state index contributed by atoms with van der Waals surface area (Å²) < 4.78 is 53.7. The van der Waals surface area contributed by atoms with Crippen LogP contribution in [0.2, 0.25) is 0 Å². The number of rotatable bonds is 8. The van der Waals surface area contributed by atoms with Crippen molar-refractivity contribution in [1.82, 2.24) is 0 Å². The van der Waals surface area contributed by atoms with E-state index >= 15 is 0 Å². The fraction of sp³-hybridized carbons (Fsp3) is 0.600. The molecule has 1 aromatic carbocycles. The molecule has 0 saturated carbocycles. The van der Waals surface area contributed by atoms with Crippen LogP contribution in [0.5, 0.6) is 0 Å². The molecule has 1 N–H and O–H groups in total. The van der Waals surface area contributed by atoms with Crippen LogP contribution in [0, 0.1) is 5.92 Å². The van der Waals surface area contributed by atoms with Gasteiger partial charge in [-0.2, -0.15) is 8.78 Å². The molecule has 1 aromatic rings. The van der Waals surface area contributed by atoms with E-state index in [0.29, 0.717) is 11.5 Å². The van der Waals surface area contributed by atoms with Crippen molar-refractivity contribution >= 4 is 0 Å². The Morgan fingerprint density at radius 3 is 2.48 bits per heavy atom. The van der Waals surface area contributed by atoms with Gasteiger partial charge in [0.25, 0.3) is 0 Å². The predicted molar refractivity (Wildman–Crippen MR) is 71.7 cm³/mol. The first-order chi connectivity index (χ1) is 9.72. The highest BCUT2D eigenvalue weighted by atomic mass is 19.3. The first kappa shape index (κ1) is 17.9. The second-order valence-corrected chi connectivity index (χ2v) is 5.44. The minimum Gasteiger partial charge on any atom is -0.386 e. The number of halogens is 4. The Hall–Kier alpha value is -1.14. The molecule has 2 nitrogen and oxygen atoms in total. The van der Waals surface area contributed by atoms with E-state index in [2.05, 4.69) is 18.6 Å². The van der Waals surface area contributed by atoms with Gasteiger partial charge in [0.2, 0.25) is 0 Å². The van der Waals surface area contributed by atoms with E-state index in [1.54, 1.807) is 18.2 Å². The lowest BCUT2D eigenvalue weighted by atomic mass is 9.99. The number of aliphatic hydroxyl groups is 1. The first-order valence-corrected chi connectivity index (χ1v) is 6.73. The standard InChI is InChI=1S/C15H20F4O2/c1-10(2)6-11-4-3-5-12(7-11)13(20)8-21-9-15(18,19)14(16)17/h3-5,7,10,13-14,20H,6,8-9H2,1-2H3. The van der Waals surface area contributed by atoms with Crippen molar-refractivity contribution in [2.24, 2.45) is 5.92 Å². The van der Waals surface area contributed by atoms with Gasteiger partial charge < -0.3 is 9.84 Å². The quantitative estimate of drug-likeness (QED) is 0.740. The lowest BCUT2D eigenvalue weighted by Gasteiger charge is -2.17. The van der Waals surface area contributed by atoms with Crippen LogP contribution in [-0.4, -0.2) is 30.7 Å². The molecule has 21 heavy (non-hydrogen) atoms. The predicted octanol–water partition coefficient (Wildman–Crippen LogP) is 3.84. The Morgan fingerprint density at radius 1 is 1.24 bits per heavy atom. The third-order valence-electron chi connectivity index (χ3n) is 2.87. The molecule has 0 saturated heterocycles. The molecule has 6 heteroatoms. The molecule has 0 aliphatic carbocycles. The molecule has 0 heterocycles. The van der Waals surface area contributed by atoms with Crippen molar-refractivity contribution in [1.29, 1.82) is 0 Å². The van der Waals surface area contributed by atoms with Crippen LogP contribution in [0.25, 0.3) is 0 Å². The van der Waals surface area contributed by atoms with Crippen LogP contribution < -0.4 is 0 Å². The summed E-state index contributed by atoms with van der Waals surface area (Å²) in [6.45, 7) is 2.25. The number of hydrogen-bond acceptors (Lipinski definition) is 2. The monoisotopic (exact) mass is 308 g/mol. The maximum atomic E-state index is 12.7. The normalized spacial score (nSPS) is 14.0. The summed E-state index contributed by atoms with van der Waals surface area (Å²) in [5.74, 6) is -3.75. The van der Waals surface area contributed by atoms with Gasteiger partial charge in [-0.1, -0.05) is 38.1 Å². The zero-order valence-electron chi connectivity index (χ0n) is 12.0. The summed E-state index contributed by atoms with van der Waals surface area (Å²) >= 11 is 0. The molecule has 0 spiro atoms. The van der Waals surface area contributed by atoms with E-state index in [9.17, 15) is 22.7 Å². The van der Waals surface area contributed by atoms with Crippen molar-refractivity contribution < 1.29 is 27.4 Å². The van der Waals surface area contributed by atoms with Crippen LogP contribution in [0.1, 0.15) is 31.1 Å². The molecule has 1 unspecified atom stereocenters. The fourth-order valence-electron chi connectivity index (χ4n) is 1.86. The van der Waals surface area contributed by atoms with E-state index in [1.807, 2.05) is 6.07 Å². The van der Waals surface area contributed by atoms with Gasteiger partial charge in [-0.25, -0.2) is 8.78 Å². The maximum Gasteiger partial charge on any atom is 0.330 e. The highest BCUT2D eigenvalue weighted by Gasteiger charge is 2.41. The number of benzene rings is 1. The summed E-state index contributed by atoms with van der Waals surface area (Å²) in [5.41, 5.74) is 1.54. The van der Waals surface area contributed by atoms with E-state index in [1.165, 1.54) is 0 Å². The van der Waals surface area contributed by atoms with E-state index < -0.39 is 31.7 Å². The number of aliphatic hydroxyl groups excluding tert-OH is 1. The Morgan fingerprint density at radius 2 is 1.90 bits per heavy atom. The average molecular weight is 308 g/mol. The Bertz CT molecular complexity index is 435. The van der Waals surface area contributed by atoms with Gasteiger partial charge in [0.05, 0.1) is 6.61 Å². The van der Waals surface area contributed by atoms with Crippen molar-refractivity contribution in [2.45, 2.75) is 38.7 Å². The molecule has 0 fully saturated rings. The molecule has 0 amide bonds. The molecule has 0 aliphatic heterocycles. The van der Waals surface area contributed by atoms with E-state index in [0.717, 1.165) is 12.0 Å². The third-order valence-corrected chi connectivity index (χ3v) is 2.87. The Kier molecular flexibility index (Phi) is 6.61. The maximum absolute atomic E-state index is 12.7. The summed E-state index contributed by atoms with van der Waals surface area (Å²) in [7, 11) is 0. The van der Waals surface area contributed by atoms with Crippen molar-refractivity contribution in [3.05, 3.63) is 35.4 Å². The van der Waals surface area contributed by atoms with Gasteiger partial charge in [0.15, 0.2) is 0 Å². The van der Waals surface area contributed by atoms with Crippen LogP contribution in [-0.2, 0) is 11.2 Å².